The van der Waals surface area contributed by atoms with Crippen LogP contribution >= 0.6 is 15.9 Å². The van der Waals surface area contributed by atoms with E-state index in [-0.39, 0.29) is 0 Å². The van der Waals surface area contributed by atoms with Crippen LogP contribution in [0.25, 0.3) is 0 Å². The van der Waals surface area contributed by atoms with Crippen molar-refractivity contribution in [1.29, 1.82) is 0 Å². The van der Waals surface area contributed by atoms with Gasteiger partial charge in [-0.15, -0.1) is 0 Å². The minimum atomic E-state index is -0.844. The van der Waals surface area contributed by atoms with Crippen molar-refractivity contribution in [1.82, 2.24) is 0 Å². The first kappa shape index (κ1) is 12.5. The maximum atomic E-state index is 12.0. The van der Waals surface area contributed by atoms with Crippen molar-refractivity contribution in [3.05, 3.63) is 70.2 Å². The predicted octanol–water partition coefficient (Wildman–Crippen LogP) is 3.90. The lowest BCUT2D eigenvalue weighted by Gasteiger charge is -2.03. The van der Waals surface area contributed by atoms with Gasteiger partial charge in [-0.3, -0.25) is 4.21 Å². The molecule has 0 aliphatic heterocycles. The summed E-state index contributed by atoms with van der Waals surface area (Å²) in [5.41, 5.74) is 2.24. The fourth-order valence-corrected chi connectivity index (χ4v) is 3.07. The Morgan fingerprint density at radius 1 is 0.824 bits per heavy atom. The molecule has 0 saturated heterocycles. The molecule has 1 atom stereocenters. The lowest BCUT2D eigenvalue weighted by molar-refractivity contribution is 0.682. The molecule has 0 radical (unpaired) electrons. The zero-order valence-corrected chi connectivity index (χ0v) is 11.7. The Balaban J connectivity index is 1.96. The zero-order chi connectivity index (χ0) is 12.1. The van der Waals surface area contributed by atoms with Gasteiger partial charge in [0.2, 0.25) is 0 Å². The Labute approximate surface area is 112 Å². The molecule has 17 heavy (non-hydrogen) atoms. The van der Waals surface area contributed by atoms with Gasteiger partial charge in [0.15, 0.2) is 0 Å². The summed E-state index contributed by atoms with van der Waals surface area (Å²) in [6.07, 6.45) is 0. The molecule has 3 heteroatoms. The molecule has 2 rings (SSSR count). The first-order valence-electron chi connectivity index (χ1n) is 5.37. The topological polar surface area (TPSA) is 17.1 Å². The van der Waals surface area contributed by atoms with Crippen LogP contribution in [0.1, 0.15) is 11.1 Å². The van der Waals surface area contributed by atoms with E-state index in [0.717, 1.165) is 15.6 Å². The van der Waals surface area contributed by atoms with Crippen molar-refractivity contribution in [2.24, 2.45) is 0 Å². The standard InChI is InChI=1S/C14H13BrOS/c15-14-8-6-13(7-9-14)11-17(16)10-12-4-2-1-3-5-12/h1-9H,10-11H2. The summed E-state index contributed by atoms with van der Waals surface area (Å²) in [5.74, 6) is 1.24. The summed E-state index contributed by atoms with van der Waals surface area (Å²) in [7, 11) is -0.844. The van der Waals surface area contributed by atoms with Crippen LogP contribution in [0.5, 0.6) is 0 Å². The molecule has 0 spiro atoms. The SMILES string of the molecule is O=S(Cc1ccccc1)Cc1ccc(Br)cc1. The second kappa shape index (κ2) is 6.12. The molecule has 0 heterocycles. The molecule has 0 N–H and O–H groups in total. The van der Waals surface area contributed by atoms with Gasteiger partial charge >= 0.3 is 0 Å². The van der Waals surface area contributed by atoms with Gasteiger partial charge in [0.1, 0.15) is 0 Å². The van der Waals surface area contributed by atoms with Crippen molar-refractivity contribution in [2.75, 3.05) is 0 Å². The Bertz CT molecular complexity index is 493. The summed E-state index contributed by atoms with van der Waals surface area (Å²) in [4.78, 5) is 0. The molecule has 0 amide bonds. The van der Waals surface area contributed by atoms with Crippen molar-refractivity contribution in [3.63, 3.8) is 0 Å². The van der Waals surface area contributed by atoms with Crippen molar-refractivity contribution < 1.29 is 4.21 Å². The number of benzene rings is 2. The van der Waals surface area contributed by atoms with E-state index in [9.17, 15) is 4.21 Å². The normalized spacial score (nSPS) is 12.3. The maximum Gasteiger partial charge on any atom is 0.0489 e. The highest BCUT2D eigenvalue weighted by Crippen LogP contribution is 2.13. The van der Waals surface area contributed by atoms with Crippen LogP contribution < -0.4 is 0 Å². The molecule has 2 aromatic carbocycles. The predicted molar refractivity (Wildman–Crippen MR) is 76.1 cm³/mol. The molecule has 88 valence electrons. The molecule has 1 nitrogen and oxygen atoms in total. The minimum Gasteiger partial charge on any atom is -0.259 e. The lowest BCUT2D eigenvalue weighted by atomic mass is 10.2. The van der Waals surface area contributed by atoms with Gasteiger partial charge in [0, 0.05) is 26.8 Å². The Morgan fingerprint density at radius 2 is 1.35 bits per heavy atom. The highest BCUT2D eigenvalue weighted by molar-refractivity contribution is 9.10. The third-order valence-corrected chi connectivity index (χ3v) is 4.25. The molecule has 0 aliphatic carbocycles. The largest absolute Gasteiger partial charge is 0.259 e. The van der Waals surface area contributed by atoms with Crippen LogP contribution in [0.4, 0.5) is 0 Å². The summed E-state index contributed by atoms with van der Waals surface area (Å²) in [6.45, 7) is 0. The van der Waals surface area contributed by atoms with Gasteiger partial charge < -0.3 is 0 Å². The minimum absolute atomic E-state index is 0.613. The molecule has 0 bridgehead atoms. The Morgan fingerprint density at radius 3 is 1.94 bits per heavy atom. The fraction of sp³-hybridized carbons (Fsp3) is 0.143. The van der Waals surface area contributed by atoms with Gasteiger partial charge in [0.05, 0.1) is 0 Å². The van der Waals surface area contributed by atoms with Gasteiger partial charge in [0.25, 0.3) is 0 Å². The first-order chi connectivity index (χ1) is 8.24. The van der Waals surface area contributed by atoms with E-state index in [0.29, 0.717) is 11.5 Å². The summed E-state index contributed by atoms with van der Waals surface area (Å²) in [6, 6.07) is 17.9. The van der Waals surface area contributed by atoms with Crippen molar-refractivity contribution >= 4 is 26.7 Å². The highest BCUT2D eigenvalue weighted by Gasteiger charge is 2.03. The van der Waals surface area contributed by atoms with E-state index in [2.05, 4.69) is 15.9 Å². The van der Waals surface area contributed by atoms with E-state index in [1.807, 2.05) is 54.6 Å². The molecular weight excluding hydrogens is 296 g/mol. The summed E-state index contributed by atoms with van der Waals surface area (Å²) >= 11 is 3.39. The van der Waals surface area contributed by atoms with Crippen LogP contribution in [-0.4, -0.2) is 4.21 Å². The third kappa shape index (κ3) is 4.10. The van der Waals surface area contributed by atoms with Gasteiger partial charge in [-0.1, -0.05) is 58.4 Å². The van der Waals surface area contributed by atoms with Crippen LogP contribution in [0.2, 0.25) is 0 Å². The summed E-state index contributed by atoms with van der Waals surface area (Å²) in [5, 5.41) is 0. The maximum absolute atomic E-state index is 12.0. The number of halogens is 1. The Hall–Kier alpha value is -0.930. The smallest absolute Gasteiger partial charge is 0.0489 e. The van der Waals surface area contributed by atoms with Crippen LogP contribution in [0, 0.1) is 0 Å². The highest BCUT2D eigenvalue weighted by atomic mass is 79.9. The van der Waals surface area contributed by atoms with Gasteiger partial charge in [-0.25, -0.2) is 0 Å². The average molecular weight is 309 g/mol. The molecule has 0 aromatic heterocycles. The van der Waals surface area contributed by atoms with E-state index in [1.165, 1.54) is 0 Å². The Kier molecular flexibility index (Phi) is 4.51. The van der Waals surface area contributed by atoms with E-state index < -0.39 is 10.8 Å². The second-order valence-corrected chi connectivity index (χ2v) is 6.21. The summed E-state index contributed by atoms with van der Waals surface area (Å²) < 4.78 is 13.0. The van der Waals surface area contributed by atoms with Gasteiger partial charge in [-0.2, -0.15) is 0 Å². The molecule has 0 fully saturated rings. The monoisotopic (exact) mass is 308 g/mol. The fourth-order valence-electron chi connectivity index (χ4n) is 1.58. The number of hydrogen-bond acceptors (Lipinski definition) is 1. The molecule has 2 aromatic rings. The van der Waals surface area contributed by atoms with Crippen molar-refractivity contribution in [3.8, 4) is 0 Å². The zero-order valence-electron chi connectivity index (χ0n) is 9.30. The quantitative estimate of drug-likeness (QED) is 0.837. The first-order valence-corrected chi connectivity index (χ1v) is 7.65. The van der Waals surface area contributed by atoms with Crippen LogP contribution in [0.15, 0.2) is 59.1 Å². The van der Waals surface area contributed by atoms with Crippen LogP contribution in [-0.2, 0) is 22.3 Å². The van der Waals surface area contributed by atoms with E-state index >= 15 is 0 Å². The molecule has 0 aliphatic rings. The number of hydrogen-bond donors (Lipinski definition) is 0. The molecule has 1 unspecified atom stereocenters. The molecular formula is C14H13BrOS. The van der Waals surface area contributed by atoms with E-state index in [4.69, 9.17) is 0 Å². The third-order valence-electron chi connectivity index (χ3n) is 2.41. The number of rotatable bonds is 4. The second-order valence-electron chi connectivity index (χ2n) is 3.84. The van der Waals surface area contributed by atoms with E-state index in [1.54, 1.807) is 0 Å². The lowest BCUT2D eigenvalue weighted by Crippen LogP contribution is -1.99. The van der Waals surface area contributed by atoms with Crippen molar-refractivity contribution in [2.45, 2.75) is 11.5 Å². The van der Waals surface area contributed by atoms with Crippen LogP contribution in [0.3, 0.4) is 0 Å². The molecule has 0 saturated carbocycles. The van der Waals surface area contributed by atoms with Gasteiger partial charge in [-0.05, 0) is 23.3 Å². The average Bonchev–Trinajstić information content (AvgIpc) is 2.33.